The van der Waals surface area contributed by atoms with E-state index in [9.17, 15) is 4.79 Å². The standard InChI is InChI=1S/C14H15N3O3/c1-9(2)7-12-15-13(20-16-12)8-17-5-3-11-10(14(17)18)4-6-19-11/h3-6,9H,7-8H2,1-2H3. The lowest BCUT2D eigenvalue weighted by atomic mass is 10.1. The topological polar surface area (TPSA) is 74.1 Å². The molecule has 0 saturated carbocycles. The lowest BCUT2D eigenvalue weighted by Crippen LogP contribution is -2.19. The molecular formula is C14H15N3O3. The zero-order chi connectivity index (χ0) is 14.1. The number of hydrogen-bond donors (Lipinski definition) is 0. The largest absolute Gasteiger partial charge is 0.464 e. The van der Waals surface area contributed by atoms with Gasteiger partial charge < -0.3 is 13.5 Å². The van der Waals surface area contributed by atoms with Gasteiger partial charge in [0, 0.05) is 12.6 Å². The van der Waals surface area contributed by atoms with Crippen LogP contribution in [0.1, 0.15) is 25.6 Å². The van der Waals surface area contributed by atoms with E-state index in [4.69, 9.17) is 8.94 Å². The minimum atomic E-state index is -0.125. The van der Waals surface area contributed by atoms with Gasteiger partial charge >= 0.3 is 0 Å². The van der Waals surface area contributed by atoms with Crippen LogP contribution in [0.25, 0.3) is 11.0 Å². The van der Waals surface area contributed by atoms with Crippen LogP contribution in [0.2, 0.25) is 0 Å². The van der Waals surface area contributed by atoms with Crippen LogP contribution in [0, 0.1) is 5.92 Å². The summed E-state index contributed by atoms with van der Waals surface area (Å²) in [5.74, 6) is 1.57. The molecule has 6 heteroatoms. The third-order valence-electron chi connectivity index (χ3n) is 3.00. The molecule has 0 saturated heterocycles. The Morgan fingerprint density at radius 2 is 2.20 bits per heavy atom. The van der Waals surface area contributed by atoms with Gasteiger partial charge in [0.15, 0.2) is 5.82 Å². The molecule has 0 aliphatic carbocycles. The minimum Gasteiger partial charge on any atom is -0.464 e. The molecule has 0 unspecified atom stereocenters. The fourth-order valence-electron chi connectivity index (χ4n) is 2.08. The van der Waals surface area contributed by atoms with Crippen LogP contribution in [0.5, 0.6) is 0 Å². The molecule has 0 fully saturated rings. The highest BCUT2D eigenvalue weighted by atomic mass is 16.5. The third kappa shape index (κ3) is 2.36. The molecule has 0 N–H and O–H groups in total. The number of rotatable bonds is 4. The molecule has 3 aromatic rings. The van der Waals surface area contributed by atoms with E-state index in [-0.39, 0.29) is 12.1 Å². The number of pyridine rings is 1. The van der Waals surface area contributed by atoms with Gasteiger partial charge in [0.2, 0.25) is 5.89 Å². The summed E-state index contributed by atoms with van der Waals surface area (Å²) in [4.78, 5) is 16.5. The van der Waals surface area contributed by atoms with E-state index in [0.717, 1.165) is 6.42 Å². The highest BCUT2D eigenvalue weighted by Gasteiger charge is 2.11. The second-order valence-electron chi connectivity index (χ2n) is 5.15. The summed E-state index contributed by atoms with van der Waals surface area (Å²) in [5, 5.41) is 4.46. The summed E-state index contributed by atoms with van der Waals surface area (Å²) in [6, 6.07) is 3.41. The lowest BCUT2D eigenvalue weighted by Gasteiger charge is -2.01. The van der Waals surface area contributed by atoms with Crippen LogP contribution >= 0.6 is 0 Å². The minimum absolute atomic E-state index is 0.125. The van der Waals surface area contributed by atoms with Gasteiger partial charge in [0.1, 0.15) is 12.1 Å². The van der Waals surface area contributed by atoms with Crippen molar-refractivity contribution >= 4 is 11.0 Å². The van der Waals surface area contributed by atoms with Crippen molar-refractivity contribution in [1.82, 2.24) is 14.7 Å². The van der Waals surface area contributed by atoms with Crippen LogP contribution in [0.15, 0.2) is 38.3 Å². The number of hydrogen-bond acceptors (Lipinski definition) is 5. The quantitative estimate of drug-likeness (QED) is 0.728. The molecule has 3 heterocycles. The average Bonchev–Trinajstić information content (AvgIpc) is 3.01. The Labute approximate surface area is 115 Å². The van der Waals surface area contributed by atoms with Crippen molar-refractivity contribution in [2.45, 2.75) is 26.8 Å². The molecule has 0 amide bonds. The Balaban J connectivity index is 1.87. The van der Waals surface area contributed by atoms with Crippen LogP contribution in [0.4, 0.5) is 0 Å². The first-order valence-corrected chi connectivity index (χ1v) is 6.51. The maximum absolute atomic E-state index is 12.2. The lowest BCUT2D eigenvalue weighted by molar-refractivity contribution is 0.363. The molecule has 0 aromatic carbocycles. The van der Waals surface area contributed by atoms with E-state index in [1.165, 1.54) is 10.8 Å². The number of aromatic nitrogens is 3. The van der Waals surface area contributed by atoms with E-state index in [0.29, 0.717) is 28.6 Å². The summed E-state index contributed by atoms with van der Waals surface area (Å²) in [5.41, 5.74) is 0.456. The Morgan fingerprint density at radius 3 is 3.00 bits per heavy atom. The summed E-state index contributed by atoms with van der Waals surface area (Å²) in [7, 11) is 0. The molecule has 20 heavy (non-hydrogen) atoms. The van der Waals surface area contributed by atoms with Crippen LogP contribution < -0.4 is 5.56 Å². The Bertz CT molecular complexity index is 782. The summed E-state index contributed by atoms with van der Waals surface area (Å²) >= 11 is 0. The predicted molar refractivity (Wildman–Crippen MR) is 72.4 cm³/mol. The first-order valence-electron chi connectivity index (χ1n) is 6.51. The highest BCUT2D eigenvalue weighted by Crippen LogP contribution is 2.11. The molecular weight excluding hydrogens is 258 g/mol. The molecule has 0 aliphatic rings. The first kappa shape index (κ1) is 12.7. The second-order valence-corrected chi connectivity index (χ2v) is 5.15. The van der Waals surface area contributed by atoms with Gasteiger partial charge in [-0.2, -0.15) is 4.98 Å². The summed E-state index contributed by atoms with van der Waals surface area (Å²) in [6.45, 7) is 4.45. The third-order valence-corrected chi connectivity index (χ3v) is 3.00. The maximum atomic E-state index is 12.2. The van der Waals surface area contributed by atoms with Gasteiger partial charge in [-0.05, 0) is 18.1 Å². The normalized spacial score (nSPS) is 11.6. The van der Waals surface area contributed by atoms with Crippen LogP contribution in [-0.4, -0.2) is 14.7 Å². The van der Waals surface area contributed by atoms with Gasteiger partial charge in [0.05, 0.1) is 11.6 Å². The number of nitrogens with zero attached hydrogens (tertiary/aromatic N) is 3. The van der Waals surface area contributed by atoms with Crippen molar-refractivity contribution in [3.63, 3.8) is 0 Å². The Morgan fingerprint density at radius 1 is 1.35 bits per heavy atom. The van der Waals surface area contributed by atoms with E-state index >= 15 is 0 Å². The van der Waals surface area contributed by atoms with Crippen molar-refractivity contribution in [2.24, 2.45) is 5.92 Å². The fraction of sp³-hybridized carbons (Fsp3) is 0.357. The molecule has 3 rings (SSSR count). The zero-order valence-corrected chi connectivity index (χ0v) is 11.4. The van der Waals surface area contributed by atoms with Gasteiger partial charge in [-0.3, -0.25) is 4.79 Å². The van der Waals surface area contributed by atoms with E-state index in [1.807, 2.05) is 0 Å². The van der Waals surface area contributed by atoms with Crippen molar-refractivity contribution in [2.75, 3.05) is 0 Å². The van der Waals surface area contributed by atoms with E-state index < -0.39 is 0 Å². The molecule has 0 aliphatic heterocycles. The van der Waals surface area contributed by atoms with E-state index in [1.54, 1.807) is 18.3 Å². The molecule has 3 aromatic heterocycles. The SMILES string of the molecule is CC(C)Cc1noc(Cn2ccc3occc3c2=O)n1. The Kier molecular flexibility index (Phi) is 3.14. The van der Waals surface area contributed by atoms with Crippen LogP contribution in [-0.2, 0) is 13.0 Å². The molecule has 0 bridgehead atoms. The first-order chi connectivity index (χ1) is 9.63. The zero-order valence-electron chi connectivity index (χ0n) is 11.4. The monoisotopic (exact) mass is 273 g/mol. The molecule has 6 nitrogen and oxygen atoms in total. The van der Waals surface area contributed by atoms with E-state index in [2.05, 4.69) is 24.0 Å². The number of furan rings is 1. The maximum Gasteiger partial charge on any atom is 0.262 e. The van der Waals surface area contributed by atoms with Gasteiger partial charge in [-0.1, -0.05) is 19.0 Å². The summed E-state index contributed by atoms with van der Waals surface area (Å²) < 4.78 is 11.9. The van der Waals surface area contributed by atoms with Crippen LogP contribution in [0.3, 0.4) is 0 Å². The number of fused-ring (bicyclic) bond motifs is 1. The van der Waals surface area contributed by atoms with Crippen molar-refractivity contribution < 1.29 is 8.94 Å². The molecule has 0 spiro atoms. The van der Waals surface area contributed by atoms with Crippen molar-refractivity contribution in [3.8, 4) is 0 Å². The van der Waals surface area contributed by atoms with Gasteiger partial charge in [0.25, 0.3) is 5.56 Å². The molecule has 0 atom stereocenters. The average molecular weight is 273 g/mol. The fourth-order valence-corrected chi connectivity index (χ4v) is 2.08. The summed E-state index contributed by atoms with van der Waals surface area (Å²) in [6.07, 6.45) is 3.93. The van der Waals surface area contributed by atoms with Gasteiger partial charge in [-0.25, -0.2) is 0 Å². The molecule has 104 valence electrons. The van der Waals surface area contributed by atoms with Crippen molar-refractivity contribution in [3.05, 3.63) is 46.7 Å². The smallest absolute Gasteiger partial charge is 0.262 e. The predicted octanol–water partition coefficient (Wildman–Crippen LogP) is 2.22. The Hall–Kier alpha value is -2.37. The van der Waals surface area contributed by atoms with Crippen molar-refractivity contribution in [1.29, 1.82) is 0 Å². The van der Waals surface area contributed by atoms with Gasteiger partial charge in [-0.15, -0.1) is 0 Å². The highest BCUT2D eigenvalue weighted by molar-refractivity contribution is 5.75. The molecule has 0 radical (unpaired) electrons. The second kappa shape index (κ2) is 4.96.